The smallest absolute Gasteiger partial charge is 0.269 e. The number of nitrogens with zero attached hydrogens (tertiary/aromatic N) is 1. The Bertz CT molecular complexity index is 538. The summed E-state index contributed by atoms with van der Waals surface area (Å²) in [5.74, 6) is -0.263. The lowest BCUT2D eigenvalue weighted by Crippen LogP contribution is -2.36. The van der Waals surface area contributed by atoms with Crippen LogP contribution in [0.15, 0.2) is 18.2 Å². The maximum Gasteiger partial charge on any atom is 0.269 e. The molecule has 2 N–H and O–H groups in total. The van der Waals surface area contributed by atoms with Crippen LogP contribution in [-0.4, -0.2) is 28.6 Å². The van der Waals surface area contributed by atoms with Gasteiger partial charge in [0.2, 0.25) is 0 Å². The first-order chi connectivity index (χ1) is 9.62. The highest BCUT2D eigenvalue weighted by molar-refractivity contribution is 5.95. The van der Waals surface area contributed by atoms with E-state index in [0.29, 0.717) is 24.1 Å². The van der Waals surface area contributed by atoms with E-state index in [1.807, 2.05) is 13.8 Å². The Balaban J connectivity index is 2.74. The van der Waals surface area contributed by atoms with Crippen molar-refractivity contribution in [3.05, 3.63) is 39.4 Å². The number of benzene rings is 1. The van der Waals surface area contributed by atoms with Gasteiger partial charge in [0.05, 0.1) is 11.0 Å². The highest BCUT2D eigenvalue weighted by atomic mass is 16.6. The maximum atomic E-state index is 12.1. The Morgan fingerprint density at radius 2 is 2.10 bits per heavy atom. The highest BCUT2D eigenvalue weighted by Crippen LogP contribution is 2.22. The Morgan fingerprint density at radius 1 is 1.48 bits per heavy atom. The number of aryl methyl sites for hydroxylation is 1. The highest BCUT2D eigenvalue weighted by Gasteiger charge is 2.22. The van der Waals surface area contributed by atoms with Crippen LogP contribution in [0.25, 0.3) is 0 Å². The van der Waals surface area contributed by atoms with Gasteiger partial charge < -0.3 is 10.4 Å². The summed E-state index contributed by atoms with van der Waals surface area (Å²) >= 11 is 0. The van der Waals surface area contributed by atoms with E-state index in [-0.39, 0.29) is 17.0 Å². The van der Waals surface area contributed by atoms with E-state index in [1.165, 1.54) is 18.2 Å². The van der Waals surface area contributed by atoms with Crippen LogP contribution in [0.4, 0.5) is 5.69 Å². The van der Waals surface area contributed by atoms with Crippen molar-refractivity contribution in [3.63, 3.8) is 0 Å². The third kappa shape index (κ3) is 5.15. The summed E-state index contributed by atoms with van der Waals surface area (Å²) < 4.78 is 0. The van der Waals surface area contributed by atoms with Gasteiger partial charge in [0.25, 0.3) is 11.6 Å². The molecule has 0 aliphatic heterocycles. The van der Waals surface area contributed by atoms with Crippen LogP contribution < -0.4 is 5.32 Å². The summed E-state index contributed by atoms with van der Waals surface area (Å²) in [6.45, 7) is 7.73. The molecule has 1 amide bonds. The van der Waals surface area contributed by atoms with Crippen LogP contribution in [-0.2, 0) is 0 Å². The predicted molar refractivity (Wildman–Crippen MR) is 80.2 cm³/mol. The zero-order valence-corrected chi connectivity index (χ0v) is 12.8. The Morgan fingerprint density at radius 3 is 2.57 bits per heavy atom. The number of hydrogen-bond acceptors (Lipinski definition) is 4. The average molecular weight is 294 g/mol. The van der Waals surface area contributed by atoms with E-state index < -0.39 is 11.0 Å². The van der Waals surface area contributed by atoms with E-state index in [1.54, 1.807) is 13.8 Å². The fraction of sp³-hybridized carbons (Fsp3) is 0.533. The van der Waals surface area contributed by atoms with Gasteiger partial charge in [0.1, 0.15) is 0 Å². The van der Waals surface area contributed by atoms with Gasteiger partial charge in [0.15, 0.2) is 0 Å². The van der Waals surface area contributed by atoms with Crippen molar-refractivity contribution in [1.82, 2.24) is 5.32 Å². The molecule has 0 heterocycles. The van der Waals surface area contributed by atoms with Crippen molar-refractivity contribution in [1.29, 1.82) is 0 Å². The summed E-state index contributed by atoms with van der Waals surface area (Å²) in [5, 5.41) is 22.9. The zero-order chi connectivity index (χ0) is 16.2. The number of nitro benzene ring substituents is 1. The molecule has 0 fully saturated rings. The molecule has 1 aromatic rings. The molecule has 0 aliphatic carbocycles. The fourth-order valence-corrected chi connectivity index (χ4v) is 2.30. The van der Waals surface area contributed by atoms with Crippen LogP contribution in [0.1, 0.15) is 43.1 Å². The van der Waals surface area contributed by atoms with Crippen molar-refractivity contribution < 1.29 is 14.8 Å². The first-order valence-electron chi connectivity index (χ1n) is 6.84. The molecule has 21 heavy (non-hydrogen) atoms. The number of aliphatic hydroxyl groups excluding tert-OH is 1. The minimum Gasteiger partial charge on any atom is -0.393 e. The van der Waals surface area contributed by atoms with Crippen molar-refractivity contribution >= 4 is 11.6 Å². The molecule has 0 aromatic heterocycles. The minimum atomic E-state index is -0.486. The molecule has 1 unspecified atom stereocenters. The number of rotatable bonds is 6. The predicted octanol–water partition coefficient (Wildman–Crippen LogP) is 2.43. The lowest BCUT2D eigenvalue weighted by molar-refractivity contribution is -0.384. The largest absolute Gasteiger partial charge is 0.393 e. The molecule has 116 valence electrons. The van der Waals surface area contributed by atoms with E-state index in [2.05, 4.69) is 5.32 Å². The quantitative estimate of drug-likeness (QED) is 0.622. The van der Waals surface area contributed by atoms with Crippen LogP contribution in [0.2, 0.25) is 0 Å². The molecule has 0 radical (unpaired) electrons. The van der Waals surface area contributed by atoms with E-state index in [4.69, 9.17) is 0 Å². The normalized spacial score (nSPS) is 12.8. The topological polar surface area (TPSA) is 92.5 Å². The number of hydrogen-bond donors (Lipinski definition) is 2. The van der Waals surface area contributed by atoms with Crippen molar-refractivity contribution in [2.24, 2.45) is 5.41 Å². The van der Waals surface area contributed by atoms with Crippen molar-refractivity contribution in [3.8, 4) is 0 Å². The molecule has 0 saturated carbocycles. The standard InChI is InChI=1S/C15H22N2O4/c1-10-7-12(17(20)21)5-6-13(10)14(19)16-9-15(3,4)8-11(2)18/h5-7,11,18H,8-9H2,1-4H3,(H,16,19). The second-order valence-electron chi connectivity index (χ2n) is 6.16. The van der Waals surface area contributed by atoms with Gasteiger partial charge in [-0.25, -0.2) is 0 Å². The van der Waals surface area contributed by atoms with Crippen molar-refractivity contribution in [2.75, 3.05) is 6.54 Å². The maximum absolute atomic E-state index is 12.1. The SMILES string of the molecule is Cc1cc([N+](=O)[O-])ccc1C(=O)NCC(C)(C)CC(C)O. The number of nitrogens with one attached hydrogen (secondary N) is 1. The Kier molecular flexibility index (Phi) is 5.43. The lowest BCUT2D eigenvalue weighted by Gasteiger charge is -2.26. The lowest BCUT2D eigenvalue weighted by atomic mass is 9.87. The van der Waals surface area contributed by atoms with Gasteiger partial charge in [-0.3, -0.25) is 14.9 Å². The molecular formula is C15H22N2O4. The summed E-state index contributed by atoms with van der Waals surface area (Å²) in [6.07, 6.45) is 0.144. The molecule has 0 aliphatic rings. The summed E-state index contributed by atoms with van der Waals surface area (Å²) in [6, 6.07) is 4.17. The van der Waals surface area contributed by atoms with Gasteiger partial charge >= 0.3 is 0 Å². The van der Waals surface area contributed by atoms with Gasteiger partial charge in [-0.15, -0.1) is 0 Å². The Labute approximate surface area is 124 Å². The van der Waals surface area contributed by atoms with Gasteiger partial charge in [-0.2, -0.15) is 0 Å². The van der Waals surface area contributed by atoms with Crippen LogP contribution in [0, 0.1) is 22.5 Å². The van der Waals surface area contributed by atoms with Crippen LogP contribution in [0.3, 0.4) is 0 Å². The first-order valence-corrected chi connectivity index (χ1v) is 6.84. The summed E-state index contributed by atoms with van der Waals surface area (Å²) in [4.78, 5) is 22.3. The van der Waals surface area contributed by atoms with Gasteiger partial charge in [-0.05, 0) is 37.3 Å². The number of non-ortho nitro benzene ring substituents is 1. The minimum absolute atomic E-state index is 0.0292. The number of nitro groups is 1. The van der Waals surface area contributed by atoms with Crippen molar-refractivity contribution in [2.45, 2.75) is 40.2 Å². The second-order valence-corrected chi connectivity index (χ2v) is 6.16. The summed E-state index contributed by atoms with van der Waals surface area (Å²) in [7, 11) is 0. The average Bonchev–Trinajstić information content (AvgIpc) is 2.34. The molecule has 6 nitrogen and oxygen atoms in total. The van der Waals surface area contributed by atoms with E-state index in [9.17, 15) is 20.0 Å². The molecule has 1 atom stereocenters. The molecule has 6 heteroatoms. The molecule has 1 rings (SSSR count). The van der Waals surface area contributed by atoms with Crippen LogP contribution in [0.5, 0.6) is 0 Å². The number of aliphatic hydroxyl groups is 1. The molecule has 1 aromatic carbocycles. The van der Waals surface area contributed by atoms with E-state index >= 15 is 0 Å². The van der Waals surface area contributed by atoms with Crippen LogP contribution >= 0.6 is 0 Å². The van der Waals surface area contributed by atoms with Gasteiger partial charge in [0, 0.05) is 24.2 Å². The molecule has 0 saturated heterocycles. The number of carbonyl (C=O) groups is 1. The molecule has 0 spiro atoms. The summed E-state index contributed by atoms with van der Waals surface area (Å²) in [5.41, 5.74) is 0.736. The molecular weight excluding hydrogens is 272 g/mol. The number of amides is 1. The fourth-order valence-electron chi connectivity index (χ4n) is 2.30. The molecule has 0 bridgehead atoms. The monoisotopic (exact) mass is 294 g/mol. The Hall–Kier alpha value is -1.95. The third-order valence-electron chi connectivity index (χ3n) is 3.24. The van der Waals surface area contributed by atoms with Gasteiger partial charge in [-0.1, -0.05) is 13.8 Å². The third-order valence-corrected chi connectivity index (χ3v) is 3.24. The number of carbonyl (C=O) groups excluding carboxylic acids is 1. The van der Waals surface area contributed by atoms with E-state index in [0.717, 1.165) is 0 Å². The zero-order valence-electron chi connectivity index (χ0n) is 12.8. The second kappa shape index (κ2) is 6.67. The first kappa shape index (κ1) is 17.1.